The molecule has 0 saturated heterocycles. The molecule has 0 spiro atoms. The molecule has 0 aliphatic heterocycles. The predicted octanol–water partition coefficient (Wildman–Crippen LogP) is 2.33. The summed E-state index contributed by atoms with van der Waals surface area (Å²) >= 11 is 0. The van der Waals surface area contributed by atoms with E-state index >= 15 is 0 Å². The standard InChI is InChI=1S/C14H24N2O/c1-12-7-10-16(13(17)11-12)9-6-5-8-15-14(2,3)4/h7,10-11,15H,5-6,8-9H2,1-4H3. The molecule has 0 fully saturated rings. The van der Waals surface area contributed by atoms with Gasteiger partial charge < -0.3 is 9.88 Å². The first kappa shape index (κ1) is 14.0. The van der Waals surface area contributed by atoms with E-state index in [1.807, 2.05) is 19.2 Å². The molecule has 1 rings (SSSR count). The van der Waals surface area contributed by atoms with Crippen molar-refractivity contribution in [3.8, 4) is 0 Å². The molecular formula is C14H24N2O. The molecule has 0 amide bonds. The highest BCUT2D eigenvalue weighted by Crippen LogP contribution is 2.00. The van der Waals surface area contributed by atoms with Gasteiger partial charge in [0.25, 0.3) is 5.56 Å². The molecule has 0 bridgehead atoms. The fraction of sp³-hybridized carbons (Fsp3) is 0.643. The Bertz CT molecular complexity index is 401. The second-order valence-electron chi connectivity index (χ2n) is 5.62. The summed E-state index contributed by atoms with van der Waals surface area (Å²) in [5.41, 5.74) is 1.31. The summed E-state index contributed by atoms with van der Waals surface area (Å²) in [6, 6.07) is 3.67. The van der Waals surface area contributed by atoms with Crippen LogP contribution in [0.2, 0.25) is 0 Å². The molecule has 0 aromatic carbocycles. The maximum absolute atomic E-state index is 11.6. The van der Waals surface area contributed by atoms with Crippen molar-refractivity contribution in [2.45, 2.75) is 52.6 Å². The zero-order valence-electron chi connectivity index (χ0n) is 11.4. The lowest BCUT2D eigenvalue weighted by Gasteiger charge is -2.20. The zero-order valence-corrected chi connectivity index (χ0v) is 11.4. The van der Waals surface area contributed by atoms with E-state index in [4.69, 9.17) is 0 Å². The lowest BCUT2D eigenvalue weighted by atomic mass is 10.1. The Labute approximate surface area is 104 Å². The van der Waals surface area contributed by atoms with Crippen molar-refractivity contribution in [2.24, 2.45) is 0 Å². The average Bonchev–Trinajstić information content (AvgIpc) is 2.18. The fourth-order valence-electron chi connectivity index (χ4n) is 1.66. The van der Waals surface area contributed by atoms with Gasteiger partial charge in [0.05, 0.1) is 0 Å². The molecule has 0 aliphatic carbocycles. The van der Waals surface area contributed by atoms with Gasteiger partial charge in [-0.1, -0.05) is 0 Å². The largest absolute Gasteiger partial charge is 0.316 e. The number of hydrogen-bond donors (Lipinski definition) is 1. The molecular weight excluding hydrogens is 212 g/mol. The van der Waals surface area contributed by atoms with Gasteiger partial charge in [-0.3, -0.25) is 4.79 Å². The van der Waals surface area contributed by atoms with E-state index < -0.39 is 0 Å². The van der Waals surface area contributed by atoms with Crippen molar-refractivity contribution >= 4 is 0 Å². The minimum absolute atomic E-state index is 0.105. The number of pyridine rings is 1. The molecule has 0 atom stereocenters. The van der Waals surface area contributed by atoms with Crippen molar-refractivity contribution in [2.75, 3.05) is 6.54 Å². The average molecular weight is 236 g/mol. The third kappa shape index (κ3) is 5.68. The van der Waals surface area contributed by atoms with E-state index in [9.17, 15) is 4.79 Å². The summed E-state index contributed by atoms with van der Waals surface area (Å²) in [7, 11) is 0. The van der Waals surface area contributed by atoms with Crippen molar-refractivity contribution in [3.63, 3.8) is 0 Å². The van der Waals surface area contributed by atoms with Crippen molar-refractivity contribution in [1.29, 1.82) is 0 Å². The van der Waals surface area contributed by atoms with Gasteiger partial charge in [-0.05, 0) is 58.7 Å². The summed E-state index contributed by atoms with van der Waals surface area (Å²) < 4.78 is 1.78. The summed E-state index contributed by atoms with van der Waals surface area (Å²) in [5, 5.41) is 3.44. The van der Waals surface area contributed by atoms with Crippen LogP contribution in [0, 0.1) is 6.92 Å². The van der Waals surface area contributed by atoms with Gasteiger partial charge in [0.15, 0.2) is 0 Å². The Morgan fingerprint density at radius 3 is 2.59 bits per heavy atom. The number of hydrogen-bond acceptors (Lipinski definition) is 2. The SMILES string of the molecule is Cc1ccn(CCCCNC(C)(C)C)c(=O)c1. The van der Waals surface area contributed by atoms with E-state index in [-0.39, 0.29) is 11.1 Å². The van der Waals surface area contributed by atoms with Crippen LogP contribution in [-0.2, 0) is 6.54 Å². The van der Waals surface area contributed by atoms with E-state index in [0.29, 0.717) is 0 Å². The maximum atomic E-state index is 11.6. The highest BCUT2D eigenvalue weighted by atomic mass is 16.1. The van der Waals surface area contributed by atoms with Crippen LogP contribution in [0.1, 0.15) is 39.2 Å². The number of unbranched alkanes of at least 4 members (excludes halogenated alkanes) is 1. The topological polar surface area (TPSA) is 34.0 Å². The van der Waals surface area contributed by atoms with Gasteiger partial charge in [-0.15, -0.1) is 0 Å². The van der Waals surface area contributed by atoms with Crippen molar-refractivity contribution < 1.29 is 0 Å². The van der Waals surface area contributed by atoms with Crippen molar-refractivity contribution in [3.05, 3.63) is 34.2 Å². The molecule has 96 valence electrons. The third-order valence-corrected chi connectivity index (χ3v) is 2.63. The minimum atomic E-state index is 0.105. The molecule has 17 heavy (non-hydrogen) atoms. The minimum Gasteiger partial charge on any atom is -0.316 e. The highest BCUT2D eigenvalue weighted by molar-refractivity contribution is 5.07. The Morgan fingerprint density at radius 2 is 2.00 bits per heavy atom. The fourth-order valence-corrected chi connectivity index (χ4v) is 1.66. The highest BCUT2D eigenvalue weighted by Gasteiger charge is 2.06. The van der Waals surface area contributed by atoms with Crippen LogP contribution in [0.5, 0.6) is 0 Å². The Balaban J connectivity index is 2.29. The maximum Gasteiger partial charge on any atom is 0.250 e. The molecule has 1 N–H and O–H groups in total. The van der Waals surface area contributed by atoms with Gasteiger partial charge in [0.1, 0.15) is 0 Å². The number of rotatable bonds is 5. The van der Waals surface area contributed by atoms with E-state index in [2.05, 4.69) is 26.1 Å². The van der Waals surface area contributed by atoms with E-state index in [0.717, 1.165) is 31.5 Å². The first-order valence-electron chi connectivity index (χ1n) is 6.31. The van der Waals surface area contributed by atoms with Crippen molar-refractivity contribution in [1.82, 2.24) is 9.88 Å². The molecule has 3 heteroatoms. The third-order valence-electron chi connectivity index (χ3n) is 2.63. The lowest BCUT2D eigenvalue weighted by Crippen LogP contribution is -2.36. The van der Waals surface area contributed by atoms with Gasteiger partial charge >= 0.3 is 0 Å². The lowest BCUT2D eigenvalue weighted by molar-refractivity contribution is 0.413. The van der Waals surface area contributed by atoms with Crippen LogP contribution in [0.4, 0.5) is 0 Å². The predicted molar refractivity (Wildman–Crippen MR) is 72.4 cm³/mol. The summed E-state index contributed by atoms with van der Waals surface area (Å²) in [5.74, 6) is 0. The van der Waals surface area contributed by atoms with E-state index in [1.54, 1.807) is 10.6 Å². The Kier molecular flexibility index (Phi) is 4.94. The van der Waals surface area contributed by atoms with Crippen LogP contribution >= 0.6 is 0 Å². The molecule has 1 heterocycles. The number of aromatic nitrogens is 1. The first-order valence-corrected chi connectivity index (χ1v) is 6.31. The number of nitrogens with zero attached hydrogens (tertiary/aromatic N) is 1. The van der Waals surface area contributed by atoms with Crippen LogP contribution in [0.15, 0.2) is 23.1 Å². The summed E-state index contributed by atoms with van der Waals surface area (Å²) in [6.07, 6.45) is 4.01. The summed E-state index contributed by atoms with van der Waals surface area (Å²) in [6.45, 7) is 10.3. The van der Waals surface area contributed by atoms with Crippen LogP contribution in [0.3, 0.4) is 0 Å². The molecule has 0 aliphatic rings. The smallest absolute Gasteiger partial charge is 0.250 e. The molecule has 1 aromatic heterocycles. The normalized spacial score (nSPS) is 11.8. The molecule has 0 saturated carbocycles. The van der Waals surface area contributed by atoms with Gasteiger partial charge in [0.2, 0.25) is 0 Å². The Hall–Kier alpha value is -1.09. The van der Waals surface area contributed by atoms with Crippen LogP contribution in [0.25, 0.3) is 0 Å². The second-order valence-corrected chi connectivity index (χ2v) is 5.62. The molecule has 1 aromatic rings. The molecule has 0 radical (unpaired) electrons. The quantitative estimate of drug-likeness (QED) is 0.796. The van der Waals surface area contributed by atoms with Crippen LogP contribution < -0.4 is 10.9 Å². The number of nitrogens with one attached hydrogen (secondary N) is 1. The second kappa shape index (κ2) is 6.01. The van der Waals surface area contributed by atoms with Gasteiger partial charge in [-0.2, -0.15) is 0 Å². The Morgan fingerprint density at radius 1 is 1.29 bits per heavy atom. The van der Waals surface area contributed by atoms with Gasteiger partial charge in [0, 0.05) is 24.3 Å². The molecule has 0 unspecified atom stereocenters. The molecule has 3 nitrogen and oxygen atoms in total. The number of aryl methyl sites for hydroxylation is 2. The van der Waals surface area contributed by atoms with Crippen LogP contribution in [-0.4, -0.2) is 16.7 Å². The van der Waals surface area contributed by atoms with E-state index in [1.165, 1.54) is 0 Å². The monoisotopic (exact) mass is 236 g/mol. The summed E-state index contributed by atoms with van der Waals surface area (Å²) in [4.78, 5) is 11.6. The zero-order chi connectivity index (χ0) is 12.9. The first-order chi connectivity index (χ1) is 7.88. The van der Waals surface area contributed by atoms with Gasteiger partial charge in [-0.25, -0.2) is 0 Å².